The number of hydrogen-bond donors (Lipinski definition) is 2. The van der Waals surface area contributed by atoms with Crippen LogP contribution < -0.4 is 20.1 Å². The highest BCUT2D eigenvalue weighted by Crippen LogP contribution is 2.23. The Hall–Kier alpha value is -3.19. The van der Waals surface area contributed by atoms with Crippen molar-refractivity contribution in [2.75, 3.05) is 10.6 Å². The molecule has 0 heterocycles. The van der Waals surface area contributed by atoms with E-state index in [1.165, 1.54) is 12.1 Å². The molecule has 138 valence electrons. The van der Waals surface area contributed by atoms with Crippen LogP contribution in [0.1, 0.15) is 0 Å². The van der Waals surface area contributed by atoms with Crippen LogP contribution >= 0.6 is 12.2 Å². The Kier molecular flexibility index (Phi) is 6.17. The summed E-state index contributed by atoms with van der Waals surface area (Å²) in [5.41, 5.74) is 1.43. The third kappa shape index (κ3) is 5.93. The molecule has 3 aromatic carbocycles. The second kappa shape index (κ2) is 8.95. The summed E-state index contributed by atoms with van der Waals surface area (Å²) >= 11 is 5.25. The molecule has 27 heavy (non-hydrogen) atoms. The zero-order chi connectivity index (χ0) is 19.1. The summed E-state index contributed by atoms with van der Waals surface area (Å²) in [6.07, 6.45) is 0. The molecule has 0 bridgehead atoms. The summed E-state index contributed by atoms with van der Waals surface area (Å²) in [5.74, 6) is 1.55. The van der Waals surface area contributed by atoms with E-state index in [1.54, 1.807) is 12.1 Å². The molecule has 0 saturated carbocycles. The maximum absolute atomic E-state index is 12.1. The van der Waals surface area contributed by atoms with Crippen molar-refractivity contribution < 1.29 is 18.3 Å². The Morgan fingerprint density at radius 2 is 1.19 bits per heavy atom. The fourth-order valence-corrected chi connectivity index (χ4v) is 2.48. The molecular weight excluding hydrogens is 370 g/mol. The van der Waals surface area contributed by atoms with Crippen LogP contribution in [0.2, 0.25) is 0 Å². The van der Waals surface area contributed by atoms with E-state index in [2.05, 4.69) is 15.4 Å². The van der Waals surface area contributed by atoms with E-state index in [-0.39, 0.29) is 5.75 Å². The number of benzene rings is 3. The predicted molar refractivity (Wildman–Crippen MR) is 106 cm³/mol. The van der Waals surface area contributed by atoms with Gasteiger partial charge in [-0.2, -0.15) is 8.78 Å². The number of para-hydroxylation sites is 1. The minimum absolute atomic E-state index is 0.0865. The van der Waals surface area contributed by atoms with Crippen LogP contribution in [0.25, 0.3) is 0 Å². The molecule has 0 spiro atoms. The minimum atomic E-state index is -2.85. The lowest BCUT2D eigenvalue weighted by atomic mass is 10.3. The number of rotatable bonds is 6. The highest BCUT2D eigenvalue weighted by molar-refractivity contribution is 7.80. The quantitative estimate of drug-likeness (QED) is 0.517. The fraction of sp³-hybridized carbons (Fsp3) is 0.0500. The molecule has 0 aliphatic carbocycles. The van der Waals surface area contributed by atoms with Gasteiger partial charge in [0.1, 0.15) is 17.2 Å². The molecule has 0 aliphatic rings. The second-order valence-corrected chi connectivity index (χ2v) is 5.83. The molecule has 0 radical (unpaired) electrons. The van der Waals surface area contributed by atoms with Crippen molar-refractivity contribution in [3.8, 4) is 17.2 Å². The summed E-state index contributed by atoms with van der Waals surface area (Å²) in [7, 11) is 0. The summed E-state index contributed by atoms with van der Waals surface area (Å²) < 4.78 is 34.3. The van der Waals surface area contributed by atoms with Crippen molar-refractivity contribution in [3.05, 3.63) is 78.9 Å². The zero-order valence-corrected chi connectivity index (χ0v) is 14.9. The first kappa shape index (κ1) is 18.6. The smallest absolute Gasteiger partial charge is 0.387 e. The van der Waals surface area contributed by atoms with E-state index >= 15 is 0 Å². The molecule has 0 saturated heterocycles. The van der Waals surface area contributed by atoms with Gasteiger partial charge in [0.25, 0.3) is 0 Å². The number of alkyl halides is 2. The highest BCUT2D eigenvalue weighted by atomic mass is 32.1. The lowest BCUT2D eigenvalue weighted by Crippen LogP contribution is -2.18. The van der Waals surface area contributed by atoms with Gasteiger partial charge in [-0.3, -0.25) is 0 Å². The van der Waals surface area contributed by atoms with Gasteiger partial charge in [-0.15, -0.1) is 0 Å². The van der Waals surface area contributed by atoms with Crippen molar-refractivity contribution in [1.82, 2.24) is 0 Å². The van der Waals surface area contributed by atoms with Crippen molar-refractivity contribution >= 4 is 28.7 Å². The third-order valence-corrected chi connectivity index (χ3v) is 3.63. The number of hydrogen-bond acceptors (Lipinski definition) is 3. The number of anilines is 2. The molecule has 3 rings (SSSR count). The third-order valence-electron chi connectivity index (χ3n) is 3.43. The van der Waals surface area contributed by atoms with E-state index in [1.807, 2.05) is 54.6 Å². The summed E-state index contributed by atoms with van der Waals surface area (Å²) in [6, 6.07) is 22.9. The molecule has 7 heteroatoms. The topological polar surface area (TPSA) is 42.5 Å². The van der Waals surface area contributed by atoms with Gasteiger partial charge < -0.3 is 20.1 Å². The van der Waals surface area contributed by atoms with Crippen LogP contribution in [-0.4, -0.2) is 11.7 Å². The van der Waals surface area contributed by atoms with Gasteiger partial charge in [0, 0.05) is 11.4 Å². The lowest BCUT2D eigenvalue weighted by Gasteiger charge is -2.12. The molecular formula is C20H16F2N2O2S. The van der Waals surface area contributed by atoms with Crippen LogP contribution in [0.5, 0.6) is 17.2 Å². The fourth-order valence-electron chi connectivity index (χ4n) is 2.24. The Morgan fingerprint density at radius 3 is 1.70 bits per heavy atom. The van der Waals surface area contributed by atoms with Crippen molar-refractivity contribution in [1.29, 1.82) is 0 Å². The van der Waals surface area contributed by atoms with Gasteiger partial charge in [0.05, 0.1) is 0 Å². The Labute approximate surface area is 160 Å². The molecule has 0 atom stereocenters. The largest absolute Gasteiger partial charge is 0.457 e. The molecule has 0 fully saturated rings. The van der Waals surface area contributed by atoms with Crippen LogP contribution in [0.15, 0.2) is 78.9 Å². The van der Waals surface area contributed by atoms with E-state index in [4.69, 9.17) is 17.0 Å². The van der Waals surface area contributed by atoms with Gasteiger partial charge >= 0.3 is 6.61 Å². The van der Waals surface area contributed by atoms with Gasteiger partial charge in [-0.05, 0) is 72.9 Å². The molecule has 0 amide bonds. The van der Waals surface area contributed by atoms with Crippen LogP contribution in [0, 0.1) is 0 Å². The number of ether oxygens (including phenoxy) is 2. The molecule has 0 unspecified atom stereocenters. The standard InChI is InChI=1S/C20H16F2N2O2S/c21-19(22)26-18-12-8-15(9-13-18)24-20(27)23-14-6-10-17(11-7-14)25-16-4-2-1-3-5-16/h1-13,19H,(H2,23,24,27). The first-order valence-corrected chi connectivity index (χ1v) is 8.45. The zero-order valence-electron chi connectivity index (χ0n) is 14.1. The molecule has 4 nitrogen and oxygen atoms in total. The first-order chi connectivity index (χ1) is 13.1. The van der Waals surface area contributed by atoms with Crippen LogP contribution in [-0.2, 0) is 0 Å². The number of thiocarbonyl (C=S) groups is 1. The average Bonchev–Trinajstić information content (AvgIpc) is 2.65. The van der Waals surface area contributed by atoms with E-state index in [9.17, 15) is 8.78 Å². The Balaban J connectivity index is 1.53. The minimum Gasteiger partial charge on any atom is -0.457 e. The van der Waals surface area contributed by atoms with Gasteiger partial charge in [-0.25, -0.2) is 0 Å². The van der Waals surface area contributed by atoms with Crippen LogP contribution in [0.4, 0.5) is 20.2 Å². The molecule has 0 aliphatic heterocycles. The summed E-state index contributed by atoms with van der Waals surface area (Å²) in [6.45, 7) is -2.85. The van der Waals surface area contributed by atoms with Gasteiger partial charge in [0.2, 0.25) is 0 Å². The normalized spacial score (nSPS) is 10.3. The maximum Gasteiger partial charge on any atom is 0.387 e. The molecule has 0 aromatic heterocycles. The van der Waals surface area contributed by atoms with E-state index < -0.39 is 6.61 Å². The first-order valence-electron chi connectivity index (χ1n) is 8.04. The monoisotopic (exact) mass is 386 g/mol. The highest BCUT2D eigenvalue weighted by Gasteiger charge is 2.05. The summed E-state index contributed by atoms with van der Waals surface area (Å²) in [5, 5.41) is 6.38. The second-order valence-electron chi connectivity index (χ2n) is 5.42. The molecule has 3 aromatic rings. The maximum atomic E-state index is 12.1. The van der Waals surface area contributed by atoms with Crippen molar-refractivity contribution in [2.24, 2.45) is 0 Å². The van der Waals surface area contributed by atoms with Gasteiger partial charge in [-0.1, -0.05) is 18.2 Å². The predicted octanol–water partition coefficient (Wildman–Crippen LogP) is 5.89. The lowest BCUT2D eigenvalue weighted by molar-refractivity contribution is -0.0498. The Bertz CT molecular complexity index is 873. The summed E-state index contributed by atoms with van der Waals surface area (Å²) in [4.78, 5) is 0. The number of nitrogens with one attached hydrogen (secondary N) is 2. The van der Waals surface area contributed by atoms with E-state index in [0.717, 1.165) is 11.4 Å². The molecule has 2 N–H and O–H groups in total. The number of halogens is 2. The van der Waals surface area contributed by atoms with Crippen molar-refractivity contribution in [2.45, 2.75) is 6.61 Å². The van der Waals surface area contributed by atoms with Crippen LogP contribution in [0.3, 0.4) is 0 Å². The van der Waals surface area contributed by atoms with E-state index in [0.29, 0.717) is 16.5 Å². The van der Waals surface area contributed by atoms with Crippen molar-refractivity contribution in [3.63, 3.8) is 0 Å². The SMILES string of the molecule is FC(F)Oc1ccc(NC(=S)Nc2ccc(Oc3ccccc3)cc2)cc1. The van der Waals surface area contributed by atoms with Gasteiger partial charge in [0.15, 0.2) is 5.11 Å². The Morgan fingerprint density at radius 1 is 0.704 bits per heavy atom. The average molecular weight is 386 g/mol.